The standard InChI is InChI=1S/C11H13NO6/c1-7(14)18-11(16)9-4-2-3-8(12-9)10(15)17-6-5-13/h2-4,7,13-14H,5-6H2,1H3. The molecule has 98 valence electrons. The van der Waals surface area contributed by atoms with E-state index in [0.29, 0.717) is 0 Å². The number of hydrogen-bond donors (Lipinski definition) is 2. The molecule has 1 aromatic rings. The molecule has 0 aliphatic carbocycles. The molecule has 1 rings (SSSR count). The summed E-state index contributed by atoms with van der Waals surface area (Å²) in [6.45, 7) is 0.829. The summed E-state index contributed by atoms with van der Waals surface area (Å²) in [6, 6.07) is 4.13. The first kappa shape index (κ1) is 14.1. The number of aliphatic hydroxyl groups excluding tert-OH is 2. The van der Waals surface area contributed by atoms with Gasteiger partial charge in [0.25, 0.3) is 0 Å². The summed E-state index contributed by atoms with van der Waals surface area (Å²) in [4.78, 5) is 26.5. The molecule has 7 heteroatoms. The predicted octanol–water partition coefficient (Wildman–Crippen LogP) is -0.274. The molecule has 0 aliphatic heterocycles. The maximum atomic E-state index is 11.4. The van der Waals surface area contributed by atoms with E-state index in [1.54, 1.807) is 0 Å². The van der Waals surface area contributed by atoms with Crippen LogP contribution in [0, 0.1) is 0 Å². The van der Waals surface area contributed by atoms with Crippen molar-refractivity contribution in [3.05, 3.63) is 29.6 Å². The maximum absolute atomic E-state index is 11.4. The molecule has 1 heterocycles. The summed E-state index contributed by atoms with van der Waals surface area (Å²) in [5.74, 6) is -1.60. The van der Waals surface area contributed by atoms with Gasteiger partial charge in [0, 0.05) is 0 Å². The monoisotopic (exact) mass is 255 g/mol. The minimum absolute atomic E-state index is 0.0801. The van der Waals surface area contributed by atoms with Gasteiger partial charge in [0.1, 0.15) is 18.0 Å². The van der Waals surface area contributed by atoms with Gasteiger partial charge in [0.2, 0.25) is 0 Å². The molecule has 0 bridgehead atoms. The van der Waals surface area contributed by atoms with Crippen molar-refractivity contribution in [3.8, 4) is 0 Å². The Morgan fingerprint density at radius 2 is 1.94 bits per heavy atom. The number of aromatic nitrogens is 1. The lowest BCUT2D eigenvalue weighted by atomic mass is 10.3. The van der Waals surface area contributed by atoms with Gasteiger partial charge in [-0.15, -0.1) is 0 Å². The van der Waals surface area contributed by atoms with Crippen molar-refractivity contribution in [2.24, 2.45) is 0 Å². The first-order valence-electron chi connectivity index (χ1n) is 5.18. The molecule has 2 N–H and O–H groups in total. The summed E-state index contributed by atoms with van der Waals surface area (Å²) in [6.07, 6.45) is -1.26. The summed E-state index contributed by atoms with van der Waals surface area (Å²) < 4.78 is 9.15. The zero-order valence-electron chi connectivity index (χ0n) is 9.70. The third-order valence-corrected chi connectivity index (χ3v) is 1.77. The Morgan fingerprint density at radius 3 is 2.50 bits per heavy atom. The highest BCUT2D eigenvalue weighted by atomic mass is 16.6. The van der Waals surface area contributed by atoms with Gasteiger partial charge in [0.15, 0.2) is 6.29 Å². The Labute approximate surface area is 103 Å². The molecule has 0 fully saturated rings. The molecular formula is C11H13NO6. The lowest BCUT2D eigenvalue weighted by Gasteiger charge is -2.07. The predicted molar refractivity (Wildman–Crippen MR) is 58.7 cm³/mol. The molecule has 0 saturated heterocycles. The average molecular weight is 255 g/mol. The fraction of sp³-hybridized carbons (Fsp3) is 0.364. The highest BCUT2D eigenvalue weighted by Crippen LogP contribution is 2.04. The summed E-state index contributed by atoms with van der Waals surface area (Å²) in [7, 11) is 0. The van der Waals surface area contributed by atoms with Gasteiger partial charge in [-0.05, 0) is 19.1 Å². The fourth-order valence-electron chi connectivity index (χ4n) is 1.09. The van der Waals surface area contributed by atoms with Crippen LogP contribution in [0.1, 0.15) is 27.9 Å². The first-order chi connectivity index (χ1) is 8.54. The first-order valence-corrected chi connectivity index (χ1v) is 5.18. The van der Waals surface area contributed by atoms with E-state index in [1.807, 2.05) is 0 Å². The van der Waals surface area contributed by atoms with Gasteiger partial charge in [0.05, 0.1) is 6.61 Å². The van der Waals surface area contributed by atoms with Crippen LogP contribution in [0.25, 0.3) is 0 Å². The Kier molecular flexibility index (Phi) is 5.22. The topological polar surface area (TPSA) is 106 Å². The summed E-state index contributed by atoms with van der Waals surface area (Å²) in [5.41, 5.74) is -0.196. The number of aliphatic hydroxyl groups is 2. The van der Waals surface area contributed by atoms with Crippen LogP contribution in [0.15, 0.2) is 18.2 Å². The molecule has 0 saturated carbocycles. The van der Waals surface area contributed by atoms with Crippen LogP contribution in [0.3, 0.4) is 0 Å². The molecular weight excluding hydrogens is 242 g/mol. The minimum atomic E-state index is -1.26. The second-order valence-corrected chi connectivity index (χ2v) is 3.27. The lowest BCUT2D eigenvalue weighted by molar-refractivity contribution is -0.0527. The maximum Gasteiger partial charge on any atom is 0.359 e. The quantitative estimate of drug-likeness (QED) is 0.550. The third-order valence-electron chi connectivity index (χ3n) is 1.77. The van der Waals surface area contributed by atoms with Crippen LogP contribution in [-0.2, 0) is 9.47 Å². The second kappa shape index (κ2) is 6.67. The number of ether oxygens (including phenoxy) is 2. The lowest BCUT2D eigenvalue weighted by Crippen LogP contribution is -2.17. The van der Waals surface area contributed by atoms with Gasteiger partial charge in [-0.25, -0.2) is 14.6 Å². The molecule has 0 aromatic carbocycles. The average Bonchev–Trinajstić information content (AvgIpc) is 2.35. The van der Waals surface area contributed by atoms with E-state index in [9.17, 15) is 9.59 Å². The van der Waals surface area contributed by atoms with Crippen molar-refractivity contribution in [2.75, 3.05) is 13.2 Å². The molecule has 0 spiro atoms. The summed E-state index contributed by atoms with van der Waals surface area (Å²) >= 11 is 0. The molecule has 18 heavy (non-hydrogen) atoms. The van der Waals surface area contributed by atoms with Crippen molar-refractivity contribution in [2.45, 2.75) is 13.2 Å². The molecule has 0 amide bonds. The molecule has 0 radical (unpaired) electrons. The molecule has 0 aliphatic rings. The van der Waals surface area contributed by atoms with E-state index in [4.69, 9.17) is 10.2 Å². The van der Waals surface area contributed by atoms with Crippen molar-refractivity contribution in [3.63, 3.8) is 0 Å². The molecule has 7 nitrogen and oxygen atoms in total. The van der Waals surface area contributed by atoms with Crippen molar-refractivity contribution in [1.29, 1.82) is 0 Å². The van der Waals surface area contributed by atoms with Crippen LogP contribution in [-0.4, -0.2) is 46.6 Å². The number of carbonyl (C=O) groups is 2. The van der Waals surface area contributed by atoms with Gasteiger partial charge < -0.3 is 19.7 Å². The Morgan fingerprint density at radius 1 is 1.33 bits per heavy atom. The van der Waals surface area contributed by atoms with E-state index in [-0.39, 0.29) is 24.6 Å². The normalized spacial score (nSPS) is 11.7. The number of rotatable bonds is 5. The van der Waals surface area contributed by atoms with Crippen LogP contribution in [0.4, 0.5) is 0 Å². The number of carbonyl (C=O) groups excluding carboxylic acids is 2. The van der Waals surface area contributed by atoms with E-state index in [0.717, 1.165) is 0 Å². The zero-order valence-corrected chi connectivity index (χ0v) is 9.70. The van der Waals surface area contributed by atoms with Crippen molar-refractivity contribution >= 4 is 11.9 Å². The van der Waals surface area contributed by atoms with E-state index < -0.39 is 18.2 Å². The van der Waals surface area contributed by atoms with E-state index >= 15 is 0 Å². The SMILES string of the molecule is CC(O)OC(=O)c1cccc(C(=O)OCCO)n1. The molecule has 1 atom stereocenters. The van der Waals surface area contributed by atoms with E-state index in [2.05, 4.69) is 14.5 Å². The molecule has 1 aromatic heterocycles. The van der Waals surface area contributed by atoms with Crippen molar-refractivity contribution in [1.82, 2.24) is 4.98 Å². The highest BCUT2D eigenvalue weighted by molar-refractivity contribution is 5.91. The van der Waals surface area contributed by atoms with Gasteiger partial charge in [-0.1, -0.05) is 6.07 Å². The summed E-state index contributed by atoms with van der Waals surface area (Å²) in [5, 5.41) is 17.4. The smallest absolute Gasteiger partial charge is 0.359 e. The number of esters is 2. The Balaban J connectivity index is 2.79. The number of pyridine rings is 1. The number of hydrogen-bond acceptors (Lipinski definition) is 7. The second-order valence-electron chi connectivity index (χ2n) is 3.27. The zero-order chi connectivity index (χ0) is 13.5. The van der Waals surface area contributed by atoms with Crippen molar-refractivity contribution < 1.29 is 29.3 Å². The largest absolute Gasteiger partial charge is 0.459 e. The van der Waals surface area contributed by atoms with Crippen LogP contribution >= 0.6 is 0 Å². The minimum Gasteiger partial charge on any atom is -0.459 e. The Bertz CT molecular complexity index is 431. The molecule has 1 unspecified atom stereocenters. The van der Waals surface area contributed by atoms with Gasteiger partial charge in [-0.2, -0.15) is 0 Å². The number of nitrogens with zero attached hydrogens (tertiary/aromatic N) is 1. The van der Waals surface area contributed by atoms with Gasteiger partial charge >= 0.3 is 11.9 Å². The van der Waals surface area contributed by atoms with Gasteiger partial charge in [-0.3, -0.25) is 0 Å². The van der Waals surface area contributed by atoms with Crippen LogP contribution < -0.4 is 0 Å². The third kappa shape index (κ3) is 4.11. The Hall–Kier alpha value is -1.99. The van der Waals surface area contributed by atoms with E-state index in [1.165, 1.54) is 25.1 Å². The fourth-order valence-corrected chi connectivity index (χ4v) is 1.09. The highest BCUT2D eigenvalue weighted by Gasteiger charge is 2.15. The van der Waals surface area contributed by atoms with Crippen LogP contribution in [0.5, 0.6) is 0 Å². The van der Waals surface area contributed by atoms with Crippen LogP contribution in [0.2, 0.25) is 0 Å².